The summed E-state index contributed by atoms with van der Waals surface area (Å²) in [7, 11) is -2.64. The molecule has 176 valence electrons. The number of anilines is 1. The summed E-state index contributed by atoms with van der Waals surface area (Å²) in [5, 5.41) is 13.2. The minimum Gasteiger partial charge on any atom is -0.497 e. The molecule has 2 N–H and O–H groups in total. The first kappa shape index (κ1) is 24.7. The topological polar surface area (TPSA) is 125 Å². The Bertz CT molecular complexity index is 1290. The number of ether oxygens (including phenoxy) is 1. The molecule has 9 nitrogen and oxygen atoms in total. The monoisotopic (exact) mass is 501 g/mol. The molecule has 0 saturated heterocycles. The normalized spacial score (nSPS) is 11.2. The van der Waals surface area contributed by atoms with E-state index in [-0.39, 0.29) is 16.1 Å². The van der Waals surface area contributed by atoms with E-state index in [4.69, 9.17) is 21.4 Å². The molecule has 1 amide bonds. The second kappa shape index (κ2) is 10.8. The molecule has 34 heavy (non-hydrogen) atoms. The Balaban J connectivity index is 1.80. The smallest absolute Gasteiger partial charge is 0.335 e. The van der Waals surface area contributed by atoms with Gasteiger partial charge in [0.25, 0.3) is 15.9 Å². The van der Waals surface area contributed by atoms with Gasteiger partial charge >= 0.3 is 5.97 Å². The molecule has 3 aromatic rings. The number of carbonyl (C=O) groups is 2. The molecule has 0 atom stereocenters. The van der Waals surface area contributed by atoms with E-state index in [9.17, 15) is 18.0 Å². The van der Waals surface area contributed by atoms with E-state index in [1.807, 2.05) is 0 Å². The Labute approximate surface area is 201 Å². The zero-order chi connectivity index (χ0) is 24.7. The maximum Gasteiger partial charge on any atom is 0.335 e. The molecule has 11 heteroatoms. The number of nitrogens with zero attached hydrogens (tertiary/aromatic N) is 2. The largest absolute Gasteiger partial charge is 0.497 e. The first-order chi connectivity index (χ1) is 16.2. The average molecular weight is 502 g/mol. The van der Waals surface area contributed by atoms with E-state index in [1.54, 1.807) is 0 Å². The van der Waals surface area contributed by atoms with Crippen LogP contribution in [0, 0.1) is 0 Å². The van der Waals surface area contributed by atoms with Gasteiger partial charge in [0.1, 0.15) is 12.3 Å². The third kappa shape index (κ3) is 6.12. The minimum absolute atomic E-state index is 0.0296. The highest BCUT2D eigenvalue weighted by Gasteiger charge is 2.27. The van der Waals surface area contributed by atoms with Crippen LogP contribution >= 0.6 is 11.6 Å². The second-order valence-corrected chi connectivity index (χ2v) is 9.18. The molecule has 0 aliphatic rings. The van der Waals surface area contributed by atoms with E-state index in [0.717, 1.165) is 4.31 Å². The van der Waals surface area contributed by atoms with Crippen LogP contribution in [0.4, 0.5) is 5.69 Å². The minimum atomic E-state index is -4.11. The molecule has 0 bridgehead atoms. The number of methoxy groups -OCH3 is 1. The van der Waals surface area contributed by atoms with Crippen molar-refractivity contribution in [3.63, 3.8) is 0 Å². The van der Waals surface area contributed by atoms with Crippen molar-refractivity contribution in [2.45, 2.75) is 4.90 Å². The van der Waals surface area contributed by atoms with E-state index in [2.05, 4.69) is 10.5 Å². The van der Waals surface area contributed by atoms with Crippen LogP contribution in [0.5, 0.6) is 5.75 Å². The summed E-state index contributed by atoms with van der Waals surface area (Å²) in [6, 6.07) is 17.6. The number of carboxylic acids is 1. The van der Waals surface area contributed by atoms with Gasteiger partial charge in [-0.15, -0.1) is 0 Å². The molecule has 0 aliphatic heterocycles. The predicted molar refractivity (Wildman–Crippen MR) is 128 cm³/mol. The quantitative estimate of drug-likeness (QED) is 0.342. The fraction of sp³-hybridized carbons (Fsp3) is 0.0870. The van der Waals surface area contributed by atoms with Gasteiger partial charge in [0.15, 0.2) is 0 Å². The number of sulfonamides is 1. The van der Waals surface area contributed by atoms with Gasteiger partial charge in [-0.05, 0) is 66.2 Å². The van der Waals surface area contributed by atoms with Crippen molar-refractivity contribution in [2.24, 2.45) is 5.10 Å². The highest BCUT2D eigenvalue weighted by molar-refractivity contribution is 7.92. The van der Waals surface area contributed by atoms with Crippen molar-refractivity contribution in [3.8, 4) is 5.75 Å². The summed E-state index contributed by atoms with van der Waals surface area (Å²) in [4.78, 5) is 23.4. The van der Waals surface area contributed by atoms with E-state index < -0.39 is 28.4 Å². The zero-order valence-corrected chi connectivity index (χ0v) is 19.5. The third-order valence-electron chi connectivity index (χ3n) is 4.61. The molecule has 0 aromatic heterocycles. The van der Waals surface area contributed by atoms with E-state index in [0.29, 0.717) is 16.3 Å². The van der Waals surface area contributed by atoms with Crippen LogP contribution < -0.4 is 14.5 Å². The van der Waals surface area contributed by atoms with Gasteiger partial charge < -0.3 is 9.84 Å². The summed E-state index contributed by atoms with van der Waals surface area (Å²) in [5.74, 6) is -1.26. The van der Waals surface area contributed by atoms with Crippen molar-refractivity contribution in [3.05, 3.63) is 88.9 Å². The zero-order valence-electron chi connectivity index (χ0n) is 17.9. The number of rotatable bonds is 9. The Morgan fingerprint density at radius 1 is 1.03 bits per heavy atom. The number of carboxylic acid groups (broad SMARTS) is 1. The molecule has 0 saturated carbocycles. The van der Waals surface area contributed by atoms with Crippen LogP contribution in [0.15, 0.2) is 82.8 Å². The van der Waals surface area contributed by atoms with Gasteiger partial charge in [-0.2, -0.15) is 5.10 Å². The molecule has 3 aromatic carbocycles. The lowest BCUT2D eigenvalue weighted by Crippen LogP contribution is -2.39. The standard InChI is InChI=1S/C23H20ClN3O6S/c1-33-20-10-12-21(13-11-20)34(31,32)27(19-8-6-18(24)7-9-19)15-22(28)26-25-14-16-2-4-17(5-3-16)23(29)30/h2-14H,15H2,1H3,(H,26,28)(H,29,30)/b25-14-. The maximum atomic E-state index is 13.3. The molecule has 0 fully saturated rings. The lowest BCUT2D eigenvalue weighted by Gasteiger charge is -2.23. The van der Waals surface area contributed by atoms with Crippen molar-refractivity contribution >= 4 is 45.4 Å². The second-order valence-electron chi connectivity index (χ2n) is 6.88. The number of amides is 1. The van der Waals surface area contributed by atoms with Crippen LogP contribution in [0.3, 0.4) is 0 Å². The molecular weight excluding hydrogens is 482 g/mol. The third-order valence-corrected chi connectivity index (χ3v) is 6.65. The van der Waals surface area contributed by atoms with E-state index in [1.165, 1.54) is 86.1 Å². The van der Waals surface area contributed by atoms with Gasteiger partial charge in [-0.1, -0.05) is 23.7 Å². The maximum absolute atomic E-state index is 13.3. The lowest BCUT2D eigenvalue weighted by atomic mass is 10.1. The van der Waals surface area contributed by atoms with Crippen LogP contribution in [-0.2, 0) is 14.8 Å². The Morgan fingerprint density at radius 2 is 1.65 bits per heavy atom. The number of halogens is 1. The van der Waals surface area contributed by atoms with Crippen LogP contribution in [0.2, 0.25) is 5.02 Å². The van der Waals surface area contributed by atoms with Crippen LogP contribution in [-0.4, -0.2) is 45.3 Å². The number of hydrazone groups is 1. The van der Waals surface area contributed by atoms with Gasteiger partial charge in [-0.3, -0.25) is 9.10 Å². The molecule has 0 heterocycles. The molecule has 0 aliphatic carbocycles. The predicted octanol–water partition coefficient (Wildman–Crippen LogP) is 3.39. The summed E-state index contributed by atoms with van der Waals surface area (Å²) in [6.07, 6.45) is 1.31. The highest BCUT2D eigenvalue weighted by Crippen LogP contribution is 2.26. The van der Waals surface area contributed by atoms with Gasteiger partial charge in [0.05, 0.1) is 29.5 Å². The van der Waals surface area contributed by atoms with Crippen molar-refractivity contribution in [1.82, 2.24) is 5.43 Å². The number of hydrogen-bond acceptors (Lipinski definition) is 6. The molecule has 0 radical (unpaired) electrons. The number of carbonyl (C=O) groups excluding carboxylic acids is 1. The Morgan fingerprint density at radius 3 is 2.21 bits per heavy atom. The van der Waals surface area contributed by atoms with Gasteiger partial charge in [0, 0.05) is 5.02 Å². The fourth-order valence-electron chi connectivity index (χ4n) is 2.85. The molecule has 0 spiro atoms. The van der Waals surface area contributed by atoms with Gasteiger partial charge in [0.2, 0.25) is 0 Å². The number of aromatic carboxylic acids is 1. The van der Waals surface area contributed by atoms with Crippen molar-refractivity contribution in [2.75, 3.05) is 18.0 Å². The molecule has 0 unspecified atom stereocenters. The highest BCUT2D eigenvalue weighted by atomic mass is 35.5. The first-order valence-corrected chi connectivity index (χ1v) is 11.6. The summed E-state index contributed by atoms with van der Waals surface area (Å²) in [5.41, 5.74) is 3.18. The fourth-order valence-corrected chi connectivity index (χ4v) is 4.40. The van der Waals surface area contributed by atoms with Crippen LogP contribution in [0.1, 0.15) is 15.9 Å². The Kier molecular flexibility index (Phi) is 7.87. The number of benzene rings is 3. The Hall–Kier alpha value is -3.89. The molecule has 3 rings (SSSR count). The lowest BCUT2D eigenvalue weighted by molar-refractivity contribution is -0.119. The molecular formula is C23H20ClN3O6S. The van der Waals surface area contributed by atoms with E-state index >= 15 is 0 Å². The van der Waals surface area contributed by atoms with Crippen molar-refractivity contribution in [1.29, 1.82) is 0 Å². The summed E-state index contributed by atoms with van der Waals surface area (Å²) >= 11 is 5.93. The number of nitrogens with one attached hydrogen (secondary N) is 1. The summed E-state index contributed by atoms with van der Waals surface area (Å²) < 4.78 is 32.7. The SMILES string of the molecule is COc1ccc(S(=O)(=O)N(CC(=O)N/N=C\c2ccc(C(=O)O)cc2)c2ccc(Cl)cc2)cc1. The van der Waals surface area contributed by atoms with Gasteiger partial charge in [-0.25, -0.2) is 18.6 Å². The summed E-state index contributed by atoms with van der Waals surface area (Å²) in [6.45, 7) is -0.550. The first-order valence-electron chi connectivity index (χ1n) is 9.78. The van der Waals surface area contributed by atoms with Crippen molar-refractivity contribution < 1.29 is 27.9 Å². The van der Waals surface area contributed by atoms with Crippen LogP contribution in [0.25, 0.3) is 0 Å². The number of hydrogen-bond donors (Lipinski definition) is 2. The average Bonchev–Trinajstić information content (AvgIpc) is 2.83.